The highest BCUT2D eigenvalue weighted by atomic mass is 16.8. The third-order valence-corrected chi connectivity index (χ3v) is 8.29. The van der Waals surface area contributed by atoms with E-state index in [9.17, 15) is 9.59 Å². The van der Waals surface area contributed by atoms with Crippen LogP contribution in [0.3, 0.4) is 0 Å². The topological polar surface area (TPSA) is 130 Å². The summed E-state index contributed by atoms with van der Waals surface area (Å²) < 4.78 is 27.4. The fourth-order valence-electron chi connectivity index (χ4n) is 6.10. The maximum absolute atomic E-state index is 12.8. The first-order valence-electron chi connectivity index (χ1n) is 14.0. The van der Waals surface area contributed by atoms with Crippen molar-refractivity contribution < 1.29 is 23.7 Å². The Labute approximate surface area is 241 Å². The summed E-state index contributed by atoms with van der Waals surface area (Å²) >= 11 is 0. The number of anilines is 1. The van der Waals surface area contributed by atoms with Crippen LogP contribution >= 0.6 is 0 Å². The Morgan fingerprint density at radius 3 is 2.48 bits per heavy atom. The van der Waals surface area contributed by atoms with Crippen LogP contribution in [0.25, 0.3) is 11.2 Å². The minimum Gasteiger partial charge on any atom is -0.373 e. The zero-order valence-corrected chi connectivity index (χ0v) is 23.3. The van der Waals surface area contributed by atoms with Crippen molar-refractivity contribution in [3.05, 3.63) is 101 Å². The van der Waals surface area contributed by atoms with Crippen molar-refractivity contribution in [1.29, 1.82) is 0 Å². The first-order valence-corrected chi connectivity index (χ1v) is 14.0. The van der Waals surface area contributed by atoms with E-state index in [4.69, 9.17) is 18.9 Å². The zero-order valence-electron chi connectivity index (χ0n) is 23.3. The van der Waals surface area contributed by atoms with Gasteiger partial charge in [-0.05, 0) is 11.1 Å². The molecule has 42 heavy (non-hydrogen) atoms. The molecule has 1 amide bonds. The second kappa shape index (κ2) is 9.99. The summed E-state index contributed by atoms with van der Waals surface area (Å²) in [7, 11) is 0. The van der Waals surface area contributed by atoms with E-state index in [-0.39, 0.29) is 41.5 Å². The second-order valence-electron chi connectivity index (χ2n) is 11.2. The van der Waals surface area contributed by atoms with Crippen LogP contribution in [0.2, 0.25) is 0 Å². The van der Waals surface area contributed by atoms with Crippen molar-refractivity contribution in [1.82, 2.24) is 19.5 Å². The summed E-state index contributed by atoms with van der Waals surface area (Å²) in [5.41, 5.74) is 1.76. The quantitative estimate of drug-likeness (QED) is 0.277. The van der Waals surface area contributed by atoms with Crippen LogP contribution in [0.1, 0.15) is 31.2 Å². The van der Waals surface area contributed by atoms with Gasteiger partial charge in [0.15, 0.2) is 17.4 Å². The van der Waals surface area contributed by atoms with Gasteiger partial charge in [-0.25, -0.2) is 4.98 Å². The Morgan fingerprint density at radius 2 is 1.79 bits per heavy atom. The van der Waals surface area contributed by atoms with Crippen LogP contribution < -0.4 is 10.9 Å². The fourth-order valence-corrected chi connectivity index (χ4v) is 6.10. The van der Waals surface area contributed by atoms with Gasteiger partial charge in [0, 0.05) is 11.5 Å². The van der Waals surface area contributed by atoms with Gasteiger partial charge in [0.1, 0.15) is 11.7 Å². The number of ether oxygens (including phenoxy) is 4. The molecule has 4 aromatic rings. The minimum absolute atomic E-state index is 0.0364. The summed E-state index contributed by atoms with van der Waals surface area (Å²) in [4.78, 5) is 36.5. The smallest absolute Gasteiger partial charge is 0.280 e. The molecule has 4 heterocycles. The Bertz CT molecular complexity index is 1720. The molecular weight excluding hydrogens is 538 g/mol. The average Bonchev–Trinajstić information content (AvgIpc) is 3.47. The van der Waals surface area contributed by atoms with E-state index < -0.39 is 29.3 Å². The standard InChI is InChI=1S/C31H31N5O6/c1-18(2)26(37)34-29-33-25-22(27(38)35-29)32-17-36(25)28-23-24-30(42-28,16-39-14-20-10-6-4-7-11-20)19(3)31(24,41-23)40-15-21-12-8-5-9-13-21/h4-13,17-18,23-24,28H,3,14-16H2,1-2H3,(H2,33,34,35,37,38)/t23?,24?,28-,30+,31?/m1/s1. The fraction of sp³-hybridized carbons (Fsp3) is 0.355. The highest BCUT2D eigenvalue weighted by molar-refractivity contribution is 5.91. The van der Waals surface area contributed by atoms with Gasteiger partial charge in [0.25, 0.3) is 5.56 Å². The molecule has 1 saturated carbocycles. The van der Waals surface area contributed by atoms with Gasteiger partial charge in [-0.15, -0.1) is 0 Å². The van der Waals surface area contributed by atoms with Gasteiger partial charge in [-0.2, -0.15) is 4.98 Å². The number of H-pyrrole nitrogens is 1. The highest BCUT2D eigenvalue weighted by Gasteiger charge is 2.85. The molecule has 3 unspecified atom stereocenters. The lowest BCUT2D eigenvalue weighted by Crippen LogP contribution is -2.79. The van der Waals surface area contributed by atoms with E-state index in [1.165, 1.54) is 6.33 Å². The normalized spacial score (nSPS) is 27.5. The number of nitrogens with zero attached hydrogens (tertiary/aromatic N) is 3. The molecule has 11 nitrogen and oxygen atoms in total. The van der Waals surface area contributed by atoms with E-state index in [0.717, 1.165) is 11.1 Å². The molecule has 216 valence electrons. The molecule has 7 rings (SSSR count). The van der Waals surface area contributed by atoms with Crippen molar-refractivity contribution in [2.24, 2.45) is 11.8 Å². The SMILES string of the molecule is C=C1C2(OCc3ccccc3)OC3C2[C@@]1(COCc1ccccc1)O[C@H]3n1cnc2c(=O)[nH]c(NC(=O)C(C)C)nc21. The number of benzene rings is 2. The van der Waals surface area contributed by atoms with Crippen molar-refractivity contribution in [2.45, 2.75) is 50.8 Å². The average molecular weight is 570 g/mol. The maximum Gasteiger partial charge on any atom is 0.280 e. The molecular formula is C31H31N5O6. The molecule has 2 aromatic heterocycles. The molecule has 0 bridgehead atoms. The number of carbonyl (C=O) groups is 1. The van der Waals surface area contributed by atoms with E-state index >= 15 is 0 Å². The van der Waals surface area contributed by atoms with Crippen molar-refractivity contribution >= 4 is 23.0 Å². The highest BCUT2D eigenvalue weighted by Crippen LogP contribution is 2.72. The Kier molecular flexibility index (Phi) is 6.35. The van der Waals surface area contributed by atoms with E-state index in [1.54, 1.807) is 18.4 Å². The lowest BCUT2D eigenvalue weighted by atomic mass is 9.56. The number of amides is 1. The van der Waals surface area contributed by atoms with Gasteiger partial charge in [-0.3, -0.25) is 24.5 Å². The molecule has 2 aliphatic heterocycles. The Morgan fingerprint density at radius 1 is 1.10 bits per heavy atom. The number of carbonyl (C=O) groups excluding carboxylic acids is 1. The summed E-state index contributed by atoms with van der Waals surface area (Å²) in [5, 5.41) is 2.66. The summed E-state index contributed by atoms with van der Waals surface area (Å²) in [6, 6.07) is 19.8. The molecule has 1 aliphatic carbocycles. The minimum atomic E-state index is -1.01. The van der Waals surface area contributed by atoms with Crippen LogP contribution in [0, 0.1) is 11.8 Å². The monoisotopic (exact) mass is 569 g/mol. The van der Waals surface area contributed by atoms with E-state index in [2.05, 4.69) is 26.8 Å². The van der Waals surface area contributed by atoms with E-state index in [1.807, 2.05) is 60.7 Å². The molecule has 2 saturated heterocycles. The lowest BCUT2D eigenvalue weighted by molar-refractivity contribution is -0.412. The lowest BCUT2D eigenvalue weighted by Gasteiger charge is -2.66. The number of nitrogens with one attached hydrogen (secondary N) is 2. The van der Waals surface area contributed by atoms with Crippen LogP contribution in [-0.4, -0.2) is 49.5 Å². The van der Waals surface area contributed by atoms with Gasteiger partial charge < -0.3 is 18.9 Å². The van der Waals surface area contributed by atoms with Crippen LogP contribution in [0.5, 0.6) is 0 Å². The van der Waals surface area contributed by atoms with Gasteiger partial charge in [0.2, 0.25) is 17.6 Å². The second-order valence-corrected chi connectivity index (χ2v) is 11.2. The number of aromatic amines is 1. The number of hydrogen-bond acceptors (Lipinski definition) is 8. The summed E-state index contributed by atoms with van der Waals surface area (Å²) in [6.07, 6.45) is 0.390. The predicted octanol–water partition coefficient (Wildman–Crippen LogP) is 3.70. The van der Waals surface area contributed by atoms with Gasteiger partial charge in [0.05, 0.1) is 32.1 Å². The number of aromatic nitrogens is 4. The van der Waals surface area contributed by atoms with Crippen LogP contribution in [0.4, 0.5) is 5.95 Å². The third kappa shape index (κ3) is 4.03. The molecule has 5 atom stereocenters. The molecule has 3 aliphatic rings. The van der Waals surface area contributed by atoms with Crippen molar-refractivity contribution in [2.75, 3.05) is 11.9 Å². The van der Waals surface area contributed by atoms with E-state index in [0.29, 0.717) is 18.8 Å². The van der Waals surface area contributed by atoms with Crippen LogP contribution in [-0.2, 0) is 37.0 Å². The maximum atomic E-state index is 12.8. The summed E-state index contributed by atoms with van der Waals surface area (Å²) in [6.45, 7) is 8.87. The molecule has 0 radical (unpaired) electrons. The Hall–Kier alpha value is -4.16. The third-order valence-electron chi connectivity index (χ3n) is 8.29. The van der Waals surface area contributed by atoms with Crippen molar-refractivity contribution in [3.8, 4) is 0 Å². The first-order chi connectivity index (χ1) is 20.3. The number of hydrogen-bond donors (Lipinski definition) is 2. The van der Waals surface area contributed by atoms with Gasteiger partial charge in [-0.1, -0.05) is 81.1 Å². The molecule has 2 N–H and O–H groups in total. The summed E-state index contributed by atoms with van der Waals surface area (Å²) in [5.74, 6) is -1.75. The van der Waals surface area contributed by atoms with Crippen molar-refractivity contribution in [3.63, 3.8) is 0 Å². The largest absolute Gasteiger partial charge is 0.373 e. The van der Waals surface area contributed by atoms with Crippen LogP contribution in [0.15, 0.2) is 83.9 Å². The molecule has 3 fully saturated rings. The molecule has 11 heteroatoms. The zero-order chi connectivity index (χ0) is 29.1. The molecule has 2 aromatic carbocycles. The Balaban J connectivity index is 1.19. The number of imidazole rings is 1. The molecule has 0 spiro atoms. The first kappa shape index (κ1) is 26.7. The number of fused-ring (bicyclic) bond motifs is 1. The number of rotatable bonds is 10. The predicted molar refractivity (Wildman–Crippen MR) is 152 cm³/mol. The van der Waals surface area contributed by atoms with Gasteiger partial charge >= 0.3 is 0 Å².